The van der Waals surface area contributed by atoms with Crippen LogP contribution in [-0.4, -0.2) is 5.78 Å². The molecule has 0 aliphatic carbocycles. The lowest BCUT2D eigenvalue weighted by Crippen LogP contribution is -2.06. The fraction of sp³-hybridized carbons (Fsp3) is 0.0833. The smallest absolute Gasteiger partial charge is 0.198 e. The fourth-order valence-electron chi connectivity index (χ4n) is 1.46. The zero-order valence-electron chi connectivity index (χ0n) is 9.06. The van der Waals surface area contributed by atoms with Crippen LogP contribution in [0, 0.1) is 18.6 Å². The van der Waals surface area contributed by atoms with E-state index in [0.29, 0.717) is 4.34 Å². The Morgan fingerprint density at radius 3 is 2.39 bits per heavy atom. The number of halogens is 4. The summed E-state index contributed by atoms with van der Waals surface area (Å²) >= 11 is 12.5. The van der Waals surface area contributed by atoms with E-state index < -0.39 is 17.4 Å². The first-order chi connectivity index (χ1) is 8.41. The highest BCUT2D eigenvalue weighted by atomic mass is 35.5. The van der Waals surface area contributed by atoms with Gasteiger partial charge < -0.3 is 0 Å². The summed E-state index contributed by atoms with van der Waals surface area (Å²) in [5, 5.41) is 0. The highest BCUT2D eigenvalue weighted by Gasteiger charge is 2.22. The number of benzene rings is 1. The van der Waals surface area contributed by atoms with Crippen molar-refractivity contribution < 1.29 is 13.6 Å². The van der Waals surface area contributed by atoms with Crippen LogP contribution >= 0.6 is 34.5 Å². The van der Waals surface area contributed by atoms with Gasteiger partial charge in [-0.25, -0.2) is 8.78 Å². The van der Waals surface area contributed by atoms with Crippen LogP contribution < -0.4 is 0 Å². The van der Waals surface area contributed by atoms with Gasteiger partial charge in [0.05, 0.1) is 15.5 Å². The van der Waals surface area contributed by atoms with E-state index in [4.69, 9.17) is 23.2 Å². The standard InChI is InChI=1S/C12H6Cl2F2OS/c1-5-2-3-6(10(16)9(5)15)11(17)7-4-8(13)18-12(7)14/h2-4H,1H3. The van der Waals surface area contributed by atoms with Crippen LogP contribution in [0.3, 0.4) is 0 Å². The predicted octanol–water partition coefficient (Wildman–Crippen LogP) is 4.87. The molecule has 94 valence electrons. The monoisotopic (exact) mass is 306 g/mol. The largest absolute Gasteiger partial charge is 0.288 e. The molecule has 0 saturated heterocycles. The lowest BCUT2D eigenvalue weighted by molar-refractivity contribution is 0.103. The Labute approximate surface area is 116 Å². The zero-order chi connectivity index (χ0) is 13.4. The van der Waals surface area contributed by atoms with Crippen molar-refractivity contribution in [1.29, 1.82) is 0 Å². The van der Waals surface area contributed by atoms with Gasteiger partial charge in [0.25, 0.3) is 0 Å². The van der Waals surface area contributed by atoms with Crippen molar-refractivity contribution in [2.75, 3.05) is 0 Å². The molecular formula is C12H6Cl2F2OS. The van der Waals surface area contributed by atoms with E-state index >= 15 is 0 Å². The van der Waals surface area contributed by atoms with Crippen LogP contribution in [0.4, 0.5) is 8.78 Å². The molecule has 1 aromatic carbocycles. The summed E-state index contributed by atoms with van der Waals surface area (Å²) in [6.07, 6.45) is 0. The van der Waals surface area contributed by atoms with Crippen LogP contribution in [0.15, 0.2) is 18.2 Å². The number of rotatable bonds is 2. The first-order valence-electron chi connectivity index (χ1n) is 4.86. The molecule has 2 rings (SSSR count). The molecule has 2 aromatic rings. The summed E-state index contributed by atoms with van der Waals surface area (Å²) in [5.41, 5.74) is -0.137. The topological polar surface area (TPSA) is 17.1 Å². The van der Waals surface area contributed by atoms with E-state index in [9.17, 15) is 13.6 Å². The van der Waals surface area contributed by atoms with Crippen molar-refractivity contribution in [3.05, 3.63) is 55.2 Å². The average molecular weight is 307 g/mol. The normalized spacial score (nSPS) is 10.7. The van der Waals surface area contributed by atoms with Crippen molar-refractivity contribution in [2.45, 2.75) is 6.92 Å². The first-order valence-corrected chi connectivity index (χ1v) is 6.43. The maximum atomic E-state index is 13.7. The van der Waals surface area contributed by atoms with Crippen LogP contribution in [0.2, 0.25) is 8.67 Å². The molecule has 1 heterocycles. The lowest BCUT2D eigenvalue weighted by Gasteiger charge is -2.04. The predicted molar refractivity (Wildman–Crippen MR) is 68.9 cm³/mol. The maximum absolute atomic E-state index is 13.7. The number of hydrogen-bond donors (Lipinski definition) is 0. The second-order valence-corrected chi connectivity index (χ2v) is 5.91. The molecule has 0 aliphatic heterocycles. The molecule has 0 bridgehead atoms. The number of carbonyl (C=O) groups excluding carboxylic acids is 1. The molecule has 0 unspecified atom stereocenters. The second kappa shape index (κ2) is 4.96. The Morgan fingerprint density at radius 1 is 1.17 bits per heavy atom. The summed E-state index contributed by atoms with van der Waals surface area (Å²) in [7, 11) is 0. The number of thiophene rings is 1. The first kappa shape index (κ1) is 13.5. The molecule has 1 nitrogen and oxygen atoms in total. The number of ketones is 1. The molecule has 6 heteroatoms. The Balaban J connectivity index is 2.53. The van der Waals surface area contributed by atoms with E-state index in [2.05, 4.69) is 0 Å². The van der Waals surface area contributed by atoms with E-state index in [-0.39, 0.29) is 21.0 Å². The van der Waals surface area contributed by atoms with E-state index in [1.807, 2.05) is 0 Å². The molecule has 18 heavy (non-hydrogen) atoms. The Kier molecular flexibility index (Phi) is 3.71. The molecule has 0 saturated carbocycles. The van der Waals surface area contributed by atoms with Crippen molar-refractivity contribution in [3.63, 3.8) is 0 Å². The van der Waals surface area contributed by atoms with Gasteiger partial charge in [-0.05, 0) is 24.6 Å². The van der Waals surface area contributed by atoms with Gasteiger partial charge in [-0.1, -0.05) is 29.3 Å². The average Bonchev–Trinajstić information content (AvgIpc) is 2.65. The van der Waals surface area contributed by atoms with E-state index in [1.165, 1.54) is 25.1 Å². The van der Waals surface area contributed by atoms with Crippen LogP contribution in [-0.2, 0) is 0 Å². The molecule has 0 amide bonds. The van der Waals surface area contributed by atoms with Gasteiger partial charge in [0.1, 0.15) is 4.34 Å². The second-order valence-electron chi connectivity index (χ2n) is 3.63. The highest BCUT2D eigenvalue weighted by molar-refractivity contribution is 7.20. The highest BCUT2D eigenvalue weighted by Crippen LogP contribution is 2.33. The molecule has 0 aliphatic rings. The summed E-state index contributed by atoms with van der Waals surface area (Å²) in [6.45, 7) is 1.42. The number of aryl methyl sites for hydroxylation is 1. The Morgan fingerprint density at radius 2 is 1.83 bits per heavy atom. The van der Waals surface area contributed by atoms with Crippen molar-refractivity contribution in [2.24, 2.45) is 0 Å². The van der Waals surface area contributed by atoms with Crippen LogP contribution in [0.1, 0.15) is 21.5 Å². The van der Waals surface area contributed by atoms with Gasteiger partial charge in [0.2, 0.25) is 0 Å². The molecule has 0 N–H and O–H groups in total. The van der Waals surface area contributed by atoms with E-state index in [1.54, 1.807) is 0 Å². The summed E-state index contributed by atoms with van der Waals surface area (Å²) in [6, 6.07) is 3.92. The molecule has 0 fully saturated rings. The molecule has 0 atom stereocenters. The summed E-state index contributed by atoms with van der Waals surface area (Å²) in [5.74, 6) is -2.88. The summed E-state index contributed by atoms with van der Waals surface area (Å²) < 4.78 is 27.5. The quantitative estimate of drug-likeness (QED) is 0.723. The van der Waals surface area contributed by atoms with Gasteiger partial charge in [-0.3, -0.25) is 4.79 Å². The van der Waals surface area contributed by atoms with Crippen molar-refractivity contribution in [1.82, 2.24) is 0 Å². The third kappa shape index (κ3) is 2.28. The third-order valence-electron chi connectivity index (χ3n) is 2.42. The minimum Gasteiger partial charge on any atom is -0.288 e. The minimum absolute atomic E-state index is 0.0776. The lowest BCUT2D eigenvalue weighted by atomic mass is 10.0. The van der Waals surface area contributed by atoms with E-state index in [0.717, 1.165) is 11.3 Å². The Bertz CT molecular complexity index is 637. The van der Waals surface area contributed by atoms with Crippen molar-refractivity contribution in [3.8, 4) is 0 Å². The van der Waals surface area contributed by atoms with Crippen LogP contribution in [0.25, 0.3) is 0 Å². The minimum atomic E-state index is -1.17. The van der Waals surface area contributed by atoms with Crippen LogP contribution in [0.5, 0.6) is 0 Å². The van der Waals surface area contributed by atoms with Gasteiger partial charge in [-0.15, -0.1) is 11.3 Å². The molecular weight excluding hydrogens is 301 g/mol. The molecule has 0 spiro atoms. The zero-order valence-corrected chi connectivity index (χ0v) is 11.4. The van der Waals surface area contributed by atoms with Gasteiger partial charge in [-0.2, -0.15) is 0 Å². The van der Waals surface area contributed by atoms with Gasteiger partial charge >= 0.3 is 0 Å². The molecule has 0 radical (unpaired) electrons. The Hall–Kier alpha value is -0.970. The van der Waals surface area contributed by atoms with Gasteiger partial charge in [0.15, 0.2) is 17.4 Å². The maximum Gasteiger partial charge on any atom is 0.198 e. The summed E-state index contributed by atoms with van der Waals surface area (Å²) in [4.78, 5) is 12.0. The van der Waals surface area contributed by atoms with Crippen molar-refractivity contribution >= 4 is 40.3 Å². The SMILES string of the molecule is Cc1ccc(C(=O)c2cc(Cl)sc2Cl)c(F)c1F. The van der Waals surface area contributed by atoms with Gasteiger partial charge in [0, 0.05) is 0 Å². The number of carbonyl (C=O) groups is 1. The number of hydrogen-bond acceptors (Lipinski definition) is 2. The third-order valence-corrected chi connectivity index (χ3v) is 3.91. The molecule has 1 aromatic heterocycles. The fourth-order valence-corrected chi connectivity index (χ4v) is 2.92.